The number of hydrogen-bond donors (Lipinski definition) is 0. The van der Waals surface area contributed by atoms with Crippen molar-refractivity contribution in [1.82, 2.24) is 20.2 Å². The standard InChI is InChI=1S/C8H14N5/c1-2-13-8(9-10-11-13)12-6-4-3-5-7-12/h3H,2,4-7H2,1H3. The maximum Gasteiger partial charge on any atom is 0.245 e. The van der Waals surface area contributed by atoms with E-state index in [1.165, 1.54) is 0 Å². The highest BCUT2D eigenvalue weighted by atomic mass is 15.6. The monoisotopic (exact) mass is 180 g/mol. The molecule has 0 unspecified atom stereocenters. The second kappa shape index (κ2) is 3.72. The van der Waals surface area contributed by atoms with E-state index in [1.54, 1.807) is 0 Å². The molecular formula is C8H14N5. The van der Waals surface area contributed by atoms with Crippen LogP contribution in [0, 0.1) is 6.42 Å². The summed E-state index contributed by atoms with van der Waals surface area (Å²) in [6.07, 6.45) is 4.59. The molecule has 1 radical (unpaired) electrons. The smallest absolute Gasteiger partial charge is 0.245 e. The summed E-state index contributed by atoms with van der Waals surface area (Å²) in [6.45, 7) is 4.97. The lowest BCUT2D eigenvalue weighted by Crippen LogP contribution is -2.32. The van der Waals surface area contributed by atoms with Gasteiger partial charge in [-0.2, -0.15) is 0 Å². The summed E-state index contributed by atoms with van der Waals surface area (Å²) in [5.41, 5.74) is 0. The highest BCUT2D eigenvalue weighted by Gasteiger charge is 2.16. The van der Waals surface area contributed by atoms with Crippen LogP contribution in [-0.2, 0) is 6.54 Å². The van der Waals surface area contributed by atoms with Crippen molar-refractivity contribution in [1.29, 1.82) is 0 Å². The van der Waals surface area contributed by atoms with Crippen LogP contribution in [0.25, 0.3) is 0 Å². The van der Waals surface area contributed by atoms with Crippen molar-refractivity contribution in [3.63, 3.8) is 0 Å². The summed E-state index contributed by atoms with van der Waals surface area (Å²) in [6, 6.07) is 0. The quantitative estimate of drug-likeness (QED) is 0.665. The van der Waals surface area contributed by atoms with Crippen LogP contribution in [0.3, 0.4) is 0 Å². The van der Waals surface area contributed by atoms with Gasteiger partial charge in [0.25, 0.3) is 0 Å². The Morgan fingerprint density at radius 3 is 2.85 bits per heavy atom. The van der Waals surface area contributed by atoms with Gasteiger partial charge in [-0.3, -0.25) is 0 Å². The van der Waals surface area contributed by atoms with Gasteiger partial charge in [-0.15, -0.1) is 0 Å². The third-order valence-corrected chi connectivity index (χ3v) is 2.30. The first kappa shape index (κ1) is 8.47. The summed E-state index contributed by atoms with van der Waals surface area (Å²) in [5.74, 6) is 0.913. The Labute approximate surface area is 77.7 Å². The van der Waals surface area contributed by atoms with E-state index in [-0.39, 0.29) is 0 Å². The van der Waals surface area contributed by atoms with Crippen molar-refractivity contribution in [2.45, 2.75) is 26.3 Å². The summed E-state index contributed by atoms with van der Waals surface area (Å²) in [5, 5.41) is 11.6. The molecular weight excluding hydrogens is 166 g/mol. The van der Waals surface area contributed by atoms with E-state index in [0.29, 0.717) is 0 Å². The number of aryl methyl sites for hydroxylation is 1. The van der Waals surface area contributed by atoms with Gasteiger partial charge < -0.3 is 4.90 Å². The molecule has 0 N–H and O–H groups in total. The second-order valence-electron chi connectivity index (χ2n) is 3.15. The Hall–Kier alpha value is -1.13. The lowest BCUT2D eigenvalue weighted by Gasteiger charge is -2.26. The lowest BCUT2D eigenvalue weighted by atomic mass is 10.1. The van der Waals surface area contributed by atoms with Gasteiger partial charge in [0.05, 0.1) is 0 Å². The molecule has 0 amide bonds. The zero-order valence-electron chi connectivity index (χ0n) is 7.85. The summed E-state index contributed by atoms with van der Waals surface area (Å²) in [7, 11) is 0. The maximum absolute atomic E-state index is 4.02. The van der Waals surface area contributed by atoms with Gasteiger partial charge in [0.15, 0.2) is 0 Å². The Kier molecular flexibility index (Phi) is 2.42. The molecule has 1 aromatic rings. The third kappa shape index (κ3) is 1.64. The van der Waals surface area contributed by atoms with Crippen LogP contribution in [0.2, 0.25) is 0 Å². The molecule has 0 bridgehead atoms. The molecule has 0 aromatic carbocycles. The number of aromatic nitrogens is 4. The molecule has 5 nitrogen and oxygen atoms in total. The minimum atomic E-state index is 0.836. The predicted octanol–water partition coefficient (Wildman–Crippen LogP) is 0.497. The van der Waals surface area contributed by atoms with Crippen LogP contribution in [0.15, 0.2) is 0 Å². The lowest BCUT2D eigenvalue weighted by molar-refractivity contribution is 0.590. The Morgan fingerprint density at radius 2 is 2.15 bits per heavy atom. The molecule has 71 valence electrons. The van der Waals surface area contributed by atoms with Gasteiger partial charge in [0.1, 0.15) is 0 Å². The zero-order chi connectivity index (χ0) is 9.10. The average molecular weight is 180 g/mol. The minimum Gasteiger partial charge on any atom is -0.340 e. The number of rotatable bonds is 2. The molecule has 0 spiro atoms. The first-order valence-corrected chi connectivity index (χ1v) is 4.74. The van der Waals surface area contributed by atoms with E-state index in [1.807, 2.05) is 4.68 Å². The molecule has 1 aliphatic rings. The van der Waals surface area contributed by atoms with E-state index in [2.05, 4.69) is 33.8 Å². The first-order valence-electron chi connectivity index (χ1n) is 4.74. The van der Waals surface area contributed by atoms with Gasteiger partial charge in [-0.05, 0) is 36.6 Å². The summed E-state index contributed by atoms with van der Waals surface area (Å²) < 4.78 is 1.84. The highest BCUT2D eigenvalue weighted by molar-refractivity contribution is 5.28. The molecule has 1 saturated heterocycles. The van der Waals surface area contributed by atoms with Crippen molar-refractivity contribution < 1.29 is 0 Å². The summed E-state index contributed by atoms with van der Waals surface area (Å²) in [4.78, 5) is 2.24. The summed E-state index contributed by atoms with van der Waals surface area (Å²) >= 11 is 0. The number of nitrogens with zero attached hydrogens (tertiary/aromatic N) is 5. The fourth-order valence-electron chi connectivity index (χ4n) is 1.58. The Bertz CT molecular complexity index is 263. The van der Waals surface area contributed by atoms with E-state index < -0.39 is 0 Å². The largest absolute Gasteiger partial charge is 0.340 e. The molecule has 0 atom stereocenters. The van der Waals surface area contributed by atoms with Crippen LogP contribution in [0.4, 0.5) is 5.95 Å². The van der Waals surface area contributed by atoms with E-state index in [9.17, 15) is 0 Å². The van der Waals surface area contributed by atoms with E-state index >= 15 is 0 Å². The number of hydrogen-bond acceptors (Lipinski definition) is 4. The number of tetrazole rings is 1. The van der Waals surface area contributed by atoms with Crippen LogP contribution in [0.1, 0.15) is 19.8 Å². The van der Waals surface area contributed by atoms with E-state index in [0.717, 1.165) is 38.4 Å². The molecule has 2 rings (SSSR count). The molecule has 1 aromatic heterocycles. The van der Waals surface area contributed by atoms with Crippen LogP contribution >= 0.6 is 0 Å². The predicted molar refractivity (Wildman–Crippen MR) is 49.2 cm³/mol. The van der Waals surface area contributed by atoms with Crippen LogP contribution in [0.5, 0.6) is 0 Å². The van der Waals surface area contributed by atoms with Gasteiger partial charge in [-0.1, -0.05) is 5.10 Å². The molecule has 1 aliphatic heterocycles. The maximum atomic E-state index is 4.02. The van der Waals surface area contributed by atoms with Crippen molar-refractivity contribution in [2.75, 3.05) is 18.0 Å². The van der Waals surface area contributed by atoms with Gasteiger partial charge in [0.2, 0.25) is 5.95 Å². The SMILES string of the molecule is CCn1nnnc1N1CC[CH]CC1. The normalized spacial score (nSPS) is 17.8. The van der Waals surface area contributed by atoms with Crippen LogP contribution in [-0.4, -0.2) is 33.3 Å². The first-order chi connectivity index (χ1) is 6.42. The number of piperidine rings is 1. The van der Waals surface area contributed by atoms with Crippen molar-refractivity contribution in [3.05, 3.63) is 6.42 Å². The fourth-order valence-corrected chi connectivity index (χ4v) is 1.58. The average Bonchev–Trinajstić information content (AvgIpc) is 2.67. The van der Waals surface area contributed by atoms with Gasteiger partial charge in [0, 0.05) is 19.6 Å². The molecule has 13 heavy (non-hydrogen) atoms. The van der Waals surface area contributed by atoms with E-state index in [4.69, 9.17) is 0 Å². The Balaban J connectivity index is 2.13. The molecule has 1 fully saturated rings. The molecule has 0 aliphatic carbocycles. The third-order valence-electron chi connectivity index (χ3n) is 2.30. The fraction of sp³-hybridized carbons (Fsp3) is 0.750. The molecule has 5 heteroatoms. The number of anilines is 1. The second-order valence-corrected chi connectivity index (χ2v) is 3.15. The topological polar surface area (TPSA) is 46.8 Å². The van der Waals surface area contributed by atoms with Gasteiger partial charge >= 0.3 is 0 Å². The van der Waals surface area contributed by atoms with Crippen molar-refractivity contribution in [3.8, 4) is 0 Å². The minimum absolute atomic E-state index is 0.836. The highest BCUT2D eigenvalue weighted by Crippen LogP contribution is 2.14. The van der Waals surface area contributed by atoms with Crippen LogP contribution < -0.4 is 4.90 Å². The van der Waals surface area contributed by atoms with Crippen molar-refractivity contribution >= 4 is 5.95 Å². The van der Waals surface area contributed by atoms with Crippen molar-refractivity contribution in [2.24, 2.45) is 0 Å². The zero-order valence-corrected chi connectivity index (χ0v) is 7.85. The van der Waals surface area contributed by atoms with Gasteiger partial charge in [-0.25, -0.2) is 4.68 Å². The molecule has 2 heterocycles. The Morgan fingerprint density at radius 1 is 1.38 bits per heavy atom. The molecule has 0 saturated carbocycles.